The molecule has 0 fully saturated rings. The van der Waals surface area contributed by atoms with E-state index in [4.69, 9.17) is 0 Å². The van der Waals surface area contributed by atoms with Crippen molar-refractivity contribution in [3.05, 3.63) is 72.4 Å². The van der Waals surface area contributed by atoms with Gasteiger partial charge in [0.15, 0.2) is 0 Å². The maximum Gasteiger partial charge on any atom is 0.248 e. The highest BCUT2D eigenvalue weighted by Gasteiger charge is 2.10. The summed E-state index contributed by atoms with van der Waals surface area (Å²) in [4.78, 5) is 16.6. The molecule has 132 valence electrons. The van der Waals surface area contributed by atoms with E-state index in [-0.39, 0.29) is 10.8 Å². The van der Waals surface area contributed by atoms with E-state index in [1.165, 1.54) is 37.4 Å². The van der Waals surface area contributed by atoms with E-state index in [1.54, 1.807) is 6.08 Å². The first kappa shape index (κ1) is 17.8. The number of nitrogens with zero attached hydrogens (tertiary/aromatic N) is 1. The molecule has 26 heavy (non-hydrogen) atoms. The van der Waals surface area contributed by atoms with Crippen LogP contribution in [0.5, 0.6) is 0 Å². The number of hydrogen-bond donors (Lipinski definition) is 2. The highest BCUT2D eigenvalue weighted by Crippen LogP contribution is 2.15. The number of anilines is 1. The molecule has 1 amide bonds. The largest absolute Gasteiger partial charge is 0.323 e. The number of carbonyl (C=O) groups excluding carboxylic acids is 1. The van der Waals surface area contributed by atoms with Crippen LogP contribution in [-0.4, -0.2) is 26.4 Å². The Balaban J connectivity index is 1.68. The summed E-state index contributed by atoms with van der Waals surface area (Å²) < 4.78 is 25.6. The molecule has 0 spiro atoms. The van der Waals surface area contributed by atoms with Crippen molar-refractivity contribution >= 4 is 38.6 Å². The van der Waals surface area contributed by atoms with Gasteiger partial charge in [-0.25, -0.2) is 18.1 Å². The SMILES string of the molecule is CNS(=O)(=O)c1ccc(NC(=O)/C=C/c2ccc3ccccc3n2)cc1. The van der Waals surface area contributed by atoms with Crippen LogP contribution < -0.4 is 10.0 Å². The summed E-state index contributed by atoms with van der Waals surface area (Å²) in [5.74, 6) is -0.329. The lowest BCUT2D eigenvalue weighted by molar-refractivity contribution is -0.111. The van der Waals surface area contributed by atoms with Crippen LogP contribution in [0.3, 0.4) is 0 Å². The second-order valence-electron chi connectivity index (χ2n) is 5.48. The van der Waals surface area contributed by atoms with E-state index in [9.17, 15) is 13.2 Å². The lowest BCUT2D eigenvalue weighted by Gasteiger charge is -2.05. The Morgan fingerprint density at radius 1 is 1.00 bits per heavy atom. The quantitative estimate of drug-likeness (QED) is 0.679. The number of sulfonamides is 1. The third-order valence-corrected chi connectivity index (χ3v) is 5.16. The van der Waals surface area contributed by atoms with Crippen molar-refractivity contribution in [2.24, 2.45) is 0 Å². The van der Waals surface area contributed by atoms with Crippen molar-refractivity contribution in [2.75, 3.05) is 12.4 Å². The number of amides is 1. The average Bonchev–Trinajstić information content (AvgIpc) is 2.66. The number of aromatic nitrogens is 1. The summed E-state index contributed by atoms with van der Waals surface area (Å²) in [6.45, 7) is 0. The molecular formula is C19H17N3O3S. The van der Waals surface area contributed by atoms with Crippen LogP contribution in [0.15, 0.2) is 71.6 Å². The molecule has 0 saturated heterocycles. The fourth-order valence-corrected chi connectivity index (χ4v) is 3.08. The van der Waals surface area contributed by atoms with Crippen molar-refractivity contribution in [2.45, 2.75) is 4.90 Å². The van der Waals surface area contributed by atoms with Crippen LogP contribution in [0.4, 0.5) is 5.69 Å². The molecule has 3 aromatic rings. The summed E-state index contributed by atoms with van der Waals surface area (Å²) in [7, 11) is -2.15. The van der Waals surface area contributed by atoms with Gasteiger partial charge in [0.25, 0.3) is 0 Å². The van der Waals surface area contributed by atoms with Crippen molar-refractivity contribution in [1.29, 1.82) is 0 Å². The predicted molar refractivity (Wildman–Crippen MR) is 102 cm³/mol. The van der Waals surface area contributed by atoms with Gasteiger partial charge in [0.2, 0.25) is 15.9 Å². The molecule has 1 aromatic heterocycles. The Kier molecular flexibility index (Phi) is 5.11. The van der Waals surface area contributed by atoms with E-state index < -0.39 is 10.0 Å². The molecule has 2 N–H and O–H groups in total. The average molecular weight is 367 g/mol. The first-order valence-corrected chi connectivity index (χ1v) is 9.35. The number of hydrogen-bond acceptors (Lipinski definition) is 4. The molecule has 6 nitrogen and oxygen atoms in total. The van der Waals surface area contributed by atoms with Gasteiger partial charge >= 0.3 is 0 Å². The van der Waals surface area contributed by atoms with Gasteiger partial charge < -0.3 is 5.32 Å². The zero-order chi connectivity index (χ0) is 18.6. The van der Waals surface area contributed by atoms with Gasteiger partial charge in [-0.2, -0.15) is 0 Å². The fraction of sp³-hybridized carbons (Fsp3) is 0.0526. The first-order valence-electron chi connectivity index (χ1n) is 7.86. The molecule has 1 heterocycles. The number of benzene rings is 2. The number of nitrogens with one attached hydrogen (secondary N) is 2. The molecule has 7 heteroatoms. The Labute approximate surface area is 151 Å². The van der Waals surface area contributed by atoms with Crippen molar-refractivity contribution < 1.29 is 13.2 Å². The molecule has 0 atom stereocenters. The van der Waals surface area contributed by atoms with E-state index in [0.717, 1.165) is 10.9 Å². The molecular weight excluding hydrogens is 350 g/mol. The van der Waals surface area contributed by atoms with Gasteiger partial charge in [0.05, 0.1) is 16.1 Å². The van der Waals surface area contributed by atoms with Crippen LogP contribution in [0.2, 0.25) is 0 Å². The van der Waals surface area contributed by atoms with E-state index in [2.05, 4.69) is 15.0 Å². The third kappa shape index (κ3) is 4.14. The maximum absolute atomic E-state index is 12.0. The molecule has 3 rings (SSSR count). The van der Waals surface area contributed by atoms with Crippen LogP contribution in [0, 0.1) is 0 Å². The third-order valence-electron chi connectivity index (χ3n) is 3.73. The lowest BCUT2D eigenvalue weighted by atomic mass is 10.2. The lowest BCUT2D eigenvalue weighted by Crippen LogP contribution is -2.18. The van der Waals surface area contributed by atoms with Gasteiger partial charge in [-0.1, -0.05) is 24.3 Å². The minimum Gasteiger partial charge on any atom is -0.323 e. The van der Waals surface area contributed by atoms with Gasteiger partial charge in [0, 0.05) is 17.1 Å². The van der Waals surface area contributed by atoms with Gasteiger partial charge in [-0.15, -0.1) is 0 Å². The van der Waals surface area contributed by atoms with Gasteiger partial charge in [-0.05, 0) is 49.5 Å². The summed E-state index contributed by atoms with van der Waals surface area (Å²) in [5.41, 5.74) is 2.03. The smallest absolute Gasteiger partial charge is 0.248 e. The standard InChI is InChI=1S/C19H17N3O3S/c1-20-26(24,25)17-11-8-16(9-12-17)22-19(23)13-10-15-7-6-14-4-2-3-5-18(14)21-15/h2-13,20H,1H3,(H,22,23)/b13-10+. The molecule has 0 aliphatic rings. The minimum absolute atomic E-state index is 0.133. The summed E-state index contributed by atoms with van der Waals surface area (Å²) in [6, 6.07) is 17.4. The normalized spacial score (nSPS) is 11.7. The van der Waals surface area contributed by atoms with Crippen molar-refractivity contribution in [1.82, 2.24) is 9.71 Å². The predicted octanol–water partition coefficient (Wildman–Crippen LogP) is 2.79. The fourth-order valence-electron chi connectivity index (χ4n) is 2.35. The Bertz CT molecular complexity index is 1070. The van der Waals surface area contributed by atoms with Crippen LogP contribution >= 0.6 is 0 Å². The monoisotopic (exact) mass is 367 g/mol. The van der Waals surface area contributed by atoms with E-state index in [0.29, 0.717) is 11.4 Å². The molecule has 0 unspecified atom stereocenters. The molecule has 0 radical (unpaired) electrons. The number of fused-ring (bicyclic) bond motifs is 1. The molecule has 0 aliphatic carbocycles. The topological polar surface area (TPSA) is 88.2 Å². The van der Waals surface area contributed by atoms with Crippen LogP contribution in [-0.2, 0) is 14.8 Å². The highest BCUT2D eigenvalue weighted by atomic mass is 32.2. The van der Waals surface area contributed by atoms with Crippen molar-refractivity contribution in [3.8, 4) is 0 Å². The van der Waals surface area contributed by atoms with Crippen LogP contribution in [0.25, 0.3) is 17.0 Å². The molecule has 0 bridgehead atoms. The first-order chi connectivity index (χ1) is 12.5. The molecule has 2 aromatic carbocycles. The Morgan fingerprint density at radius 2 is 1.73 bits per heavy atom. The van der Waals surface area contributed by atoms with E-state index in [1.807, 2.05) is 36.4 Å². The minimum atomic E-state index is -3.49. The Hall–Kier alpha value is -3.03. The molecule has 0 saturated carbocycles. The molecule has 0 aliphatic heterocycles. The number of rotatable bonds is 5. The van der Waals surface area contributed by atoms with Crippen LogP contribution in [0.1, 0.15) is 5.69 Å². The zero-order valence-corrected chi connectivity index (χ0v) is 14.8. The second kappa shape index (κ2) is 7.47. The van der Waals surface area contributed by atoms with Gasteiger partial charge in [0.1, 0.15) is 0 Å². The summed E-state index contributed by atoms with van der Waals surface area (Å²) in [6.07, 6.45) is 3.01. The number of pyridine rings is 1. The summed E-state index contributed by atoms with van der Waals surface area (Å²) in [5, 5.41) is 3.71. The van der Waals surface area contributed by atoms with Gasteiger partial charge in [-0.3, -0.25) is 4.79 Å². The summed E-state index contributed by atoms with van der Waals surface area (Å²) >= 11 is 0. The van der Waals surface area contributed by atoms with Crippen molar-refractivity contribution in [3.63, 3.8) is 0 Å². The van der Waals surface area contributed by atoms with E-state index >= 15 is 0 Å². The maximum atomic E-state index is 12.0. The highest BCUT2D eigenvalue weighted by molar-refractivity contribution is 7.89. The number of para-hydroxylation sites is 1. The number of carbonyl (C=O) groups is 1. The second-order valence-corrected chi connectivity index (χ2v) is 7.37. The Morgan fingerprint density at radius 3 is 2.46 bits per heavy atom. The zero-order valence-electron chi connectivity index (χ0n) is 14.0.